The lowest BCUT2D eigenvalue weighted by Crippen LogP contribution is -2.48. The van der Waals surface area contributed by atoms with Crippen LogP contribution in [0.5, 0.6) is 0 Å². The Bertz CT molecular complexity index is 255. The molecule has 0 unspecified atom stereocenters. The minimum Gasteiger partial charge on any atom is -0.305 e. The van der Waals surface area contributed by atoms with Gasteiger partial charge in [0.15, 0.2) is 0 Å². The summed E-state index contributed by atoms with van der Waals surface area (Å²) in [4.78, 5) is 22.5. The number of carbonyl (C=O) groups is 2. The molecule has 0 spiro atoms. The first-order valence-corrected chi connectivity index (χ1v) is 6.12. The van der Waals surface area contributed by atoms with Crippen LogP contribution in [0.3, 0.4) is 0 Å². The molecule has 0 aromatic rings. The Morgan fingerprint density at radius 2 is 1.12 bits per heavy atom. The summed E-state index contributed by atoms with van der Waals surface area (Å²) in [5, 5.41) is 6.40. The summed E-state index contributed by atoms with van der Waals surface area (Å²) in [6.07, 6.45) is 0.882. The van der Waals surface area contributed by atoms with Gasteiger partial charge in [-0.25, -0.2) is 0 Å². The van der Waals surface area contributed by atoms with E-state index in [0.717, 1.165) is 19.5 Å². The van der Waals surface area contributed by atoms with E-state index in [1.165, 1.54) is 0 Å². The number of nitrogens with one attached hydrogen (secondary N) is 2. The number of ketones is 2. The molecule has 0 aliphatic rings. The van der Waals surface area contributed by atoms with Crippen molar-refractivity contribution in [1.82, 2.24) is 10.6 Å². The van der Waals surface area contributed by atoms with Crippen LogP contribution in [-0.4, -0.2) is 35.7 Å². The van der Waals surface area contributed by atoms with Gasteiger partial charge < -0.3 is 10.6 Å². The maximum Gasteiger partial charge on any atom is 0.149 e. The largest absolute Gasteiger partial charge is 0.305 e. The van der Waals surface area contributed by atoms with Crippen LogP contribution < -0.4 is 10.6 Å². The van der Waals surface area contributed by atoms with Crippen LogP contribution in [0.15, 0.2) is 0 Å². The predicted octanol–water partition coefficient (Wildman–Crippen LogP) is 1.29. The van der Waals surface area contributed by atoms with Gasteiger partial charge in [-0.15, -0.1) is 0 Å². The highest BCUT2D eigenvalue weighted by molar-refractivity contribution is 5.85. The molecule has 0 aliphatic heterocycles. The normalized spacial score (nSPS) is 12.6. The Labute approximate surface area is 105 Å². The van der Waals surface area contributed by atoms with E-state index < -0.39 is 11.1 Å². The first kappa shape index (κ1) is 16.3. The summed E-state index contributed by atoms with van der Waals surface area (Å²) in [7, 11) is 0. The van der Waals surface area contributed by atoms with E-state index in [9.17, 15) is 9.59 Å². The van der Waals surface area contributed by atoms with Crippen molar-refractivity contribution in [2.75, 3.05) is 13.1 Å². The Hall–Kier alpha value is -0.740. The molecule has 0 heterocycles. The van der Waals surface area contributed by atoms with Crippen LogP contribution in [-0.2, 0) is 9.59 Å². The Kier molecular flexibility index (Phi) is 5.99. The monoisotopic (exact) mass is 242 g/mol. The second-order valence-electron chi connectivity index (χ2n) is 5.57. The average Bonchev–Trinajstić information content (AvgIpc) is 2.16. The number of Topliss-reactive ketones (excluding diaryl/α,β-unsaturated/α-hetero) is 2. The SMILES string of the molecule is CC(=O)C(C)(C)NCCCNC(C)(C)C(C)=O. The molecule has 0 fully saturated rings. The highest BCUT2D eigenvalue weighted by Crippen LogP contribution is 2.04. The molecule has 2 N–H and O–H groups in total. The van der Waals surface area contributed by atoms with E-state index in [4.69, 9.17) is 0 Å². The first-order valence-electron chi connectivity index (χ1n) is 6.12. The first-order chi connectivity index (χ1) is 7.59. The van der Waals surface area contributed by atoms with Crippen molar-refractivity contribution in [2.45, 2.75) is 59.0 Å². The molecule has 0 aromatic carbocycles. The quantitative estimate of drug-likeness (QED) is 0.630. The van der Waals surface area contributed by atoms with Crippen LogP contribution in [0.1, 0.15) is 48.0 Å². The summed E-state index contributed by atoms with van der Waals surface area (Å²) < 4.78 is 0. The molecule has 4 nitrogen and oxygen atoms in total. The van der Waals surface area contributed by atoms with Gasteiger partial charge >= 0.3 is 0 Å². The minimum atomic E-state index is -0.462. The van der Waals surface area contributed by atoms with Crippen molar-refractivity contribution in [2.24, 2.45) is 0 Å². The van der Waals surface area contributed by atoms with Crippen LogP contribution in [0.25, 0.3) is 0 Å². The fourth-order valence-corrected chi connectivity index (χ4v) is 1.14. The molecule has 0 saturated heterocycles. The minimum absolute atomic E-state index is 0.134. The maximum absolute atomic E-state index is 11.3. The van der Waals surface area contributed by atoms with E-state index in [2.05, 4.69) is 10.6 Å². The van der Waals surface area contributed by atoms with Gasteiger partial charge in [0.2, 0.25) is 0 Å². The predicted molar refractivity (Wildman–Crippen MR) is 70.1 cm³/mol. The van der Waals surface area contributed by atoms with E-state index in [-0.39, 0.29) is 11.6 Å². The lowest BCUT2D eigenvalue weighted by Gasteiger charge is -2.25. The van der Waals surface area contributed by atoms with Crippen LogP contribution in [0.4, 0.5) is 0 Å². The zero-order valence-corrected chi connectivity index (χ0v) is 11.9. The highest BCUT2D eigenvalue weighted by Gasteiger charge is 2.23. The van der Waals surface area contributed by atoms with E-state index in [1.54, 1.807) is 13.8 Å². The topological polar surface area (TPSA) is 58.2 Å². The number of rotatable bonds is 8. The van der Waals surface area contributed by atoms with E-state index in [0.29, 0.717) is 0 Å². The molecular formula is C13H26N2O2. The molecule has 0 saturated carbocycles. The lowest BCUT2D eigenvalue weighted by atomic mass is 10.00. The molecular weight excluding hydrogens is 216 g/mol. The number of hydrogen-bond donors (Lipinski definition) is 2. The van der Waals surface area contributed by atoms with Crippen molar-refractivity contribution in [3.63, 3.8) is 0 Å². The number of hydrogen-bond acceptors (Lipinski definition) is 4. The standard InChI is InChI=1S/C13H26N2O2/c1-10(16)12(3,4)14-8-7-9-15-13(5,6)11(2)17/h14-15H,7-9H2,1-6H3. The maximum atomic E-state index is 11.3. The van der Waals surface area contributed by atoms with Crippen molar-refractivity contribution in [3.8, 4) is 0 Å². The molecule has 0 bridgehead atoms. The Balaban J connectivity index is 3.81. The van der Waals surface area contributed by atoms with Gasteiger partial charge in [-0.2, -0.15) is 0 Å². The van der Waals surface area contributed by atoms with Gasteiger partial charge in [-0.1, -0.05) is 0 Å². The Morgan fingerprint density at radius 1 is 0.824 bits per heavy atom. The smallest absolute Gasteiger partial charge is 0.149 e. The molecule has 0 aliphatic carbocycles. The highest BCUT2D eigenvalue weighted by atomic mass is 16.1. The van der Waals surface area contributed by atoms with Gasteiger partial charge in [0.25, 0.3) is 0 Å². The third-order valence-corrected chi connectivity index (χ3v) is 3.25. The van der Waals surface area contributed by atoms with Crippen LogP contribution in [0.2, 0.25) is 0 Å². The zero-order valence-electron chi connectivity index (χ0n) is 11.9. The fraction of sp³-hybridized carbons (Fsp3) is 0.846. The van der Waals surface area contributed by atoms with Gasteiger partial charge in [0, 0.05) is 0 Å². The molecule has 100 valence electrons. The second kappa shape index (κ2) is 6.26. The van der Waals surface area contributed by atoms with Gasteiger partial charge in [0.05, 0.1) is 11.1 Å². The van der Waals surface area contributed by atoms with Gasteiger partial charge in [-0.3, -0.25) is 9.59 Å². The van der Waals surface area contributed by atoms with Gasteiger partial charge in [0.1, 0.15) is 11.6 Å². The fourth-order valence-electron chi connectivity index (χ4n) is 1.14. The summed E-state index contributed by atoms with van der Waals surface area (Å²) >= 11 is 0. The lowest BCUT2D eigenvalue weighted by molar-refractivity contribution is -0.122. The van der Waals surface area contributed by atoms with Crippen LogP contribution >= 0.6 is 0 Å². The van der Waals surface area contributed by atoms with Gasteiger partial charge in [-0.05, 0) is 61.1 Å². The third kappa shape index (κ3) is 5.94. The summed E-state index contributed by atoms with van der Waals surface area (Å²) in [6, 6.07) is 0. The van der Waals surface area contributed by atoms with E-state index >= 15 is 0 Å². The van der Waals surface area contributed by atoms with E-state index in [1.807, 2.05) is 27.7 Å². The van der Waals surface area contributed by atoms with Crippen LogP contribution in [0, 0.1) is 0 Å². The van der Waals surface area contributed by atoms with Crippen molar-refractivity contribution < 1.29 is 9.59 Å². The third-order valence-electron chi connectivity index (χ3n) is 3.25. The molecule has 0 aromatic heterocycles. The molecule has 0 rings (SSSR count). The van der Waals surface area contributed by atoms with Crippen molar-refractivity contribution in [3.05, 3.63) is 0 Å². The Morgan fingerprint density at radius 3 is 1.35 bits per heavy atom. The summed E-state index contributed by atoms with van der Waals surface area (Å²) in [6.45, 7) is 12.2. The molecule has 0 amide bonds. The molecule has 17 heavy (non-hydrogen) atoms. The molecule has 0 radical (unpaired) electrons. The summed E-state index contributed by atoms with van der Waals surface area (Å²) in [5.41, 5.74) is -0.924. The molecule has 4 heteroatoms. The summed E-state index contributed by atoms with van der Waals surface area (Å²) in [5.74, 6) is 0.268. The number of carbonyl (C=O) groups excluding carboxylic acids is 2. The van der Waals surface area contributed by atoms with Crippen molar-refractivity contribution in [1.29, 1.82) is 0 Å². The zero-order chi connectivity index (χ0) is 13.7. The second-order valence-corrected chi connectivity index (χ2v) is 5.57. The average molecular weight is 242 g/mol. The molecule has 0 atom stereocenters. The van der Waals surface area contributed by atoms with Crippen molar-refractivity contribution >= 4 is 11.6 Å².